The zero-order valence-electron chi connectivity index (χ0n) is 12.3. The van der Waals surface area contributed by atoms with Gasteiger partial charge in [-0.3, -0.25) is 0 Å². The van der Waals surface area contributed by atoms with Gasteiger partial charge in [0.15, 0.2) is 0 Å². The number of nitrogens with zero attached hydrogens (tertiary/aromatic N) is 1. The largest absolute Gasteiger partial charge is 0.447 e. The van der Waals surface area contributed by atoms with Crippen LogP contribution in [0.1, 0.15) is 12.7 Å². The summed E-state index contributed by atoms with van der Waals surface area (Å²) in [7, 11) is -4.50. The lowest BCUT2D eigenvalue weighted by Crippen LogP contribution is -2.33. The molecule has 1 aromatic rings. The van der Waals surface area contributed by atoms with Crippen LogP contribution in [0.5, 0.6) is 0 Å². The van der Waals surface area contributed by atoms with Gasteiger partial charge >= 0.3 is 0 Å². The molecule has 0 aromatic carbocycles. The standard InChI is InChI=1S/C11H21N3O5S2/c1-4-12-9-10-5-6-11(19-10)21(17,18)13-7-8-20(15,16)14(2)3/h5-6,12-13H,4,7-9H2,1-3H3. The van der Waals surface area contributed by atoms with E-state index in [4.69, 9.17) is 4.42 Å². The second-order valence-electron chi connectivity index (χ2n) is 4.50. The number of hydrogen-bond acceptors (Lipinski definition) is 6. The highest BCUT2D eigenvalue weighted by Gasteiger charge is 2.20. The smallest absolute Gasteiger partial charge is 0.273 e. The van der Waals surface area contributed by atoms with E-state index < -0.39 is 20.0 Å². The molecule has 0 saturated heterocycles. The fraction of sp³-hybridized carbons (Fsp3) is 0.636. The Labute approximate surface area is 125 Å². The van der Waals surface area contributed by atoms with Crippen LogP contribution in [0.3, 0.4) is 0 Å². The topological polar surface area (TPSA) is 109 Å². The van der Waals surface area contributed by atoms with Gasteiger partial charge in [-0.2, -0.15) is 0 Å². The molecule has 0 radical (unpaired) electrons. The number of hydrogen-bond donors (Lipinski definition) is 2. The first-order valence-electron chi connectivity index (χ1n) is 6.38. The van der Waals surface area contributed by atoms with Gasteiger partial charge in [0.05, 0.1) is 12.3 Å². The van der Waals surface area contributed by atoms with Crippen molar-refractivity contribution in [3.8, 4) is 0 Å². The summed E-state index contributed by atoms with van der Waals surface area (Å²) in [6.07, 6.45) is 0. The first-order valence-corrected chi connectivity index (χ1v) is 9.47. The average molecular weight is 339 g/mol. The van der Waals surface area contributed by atoms with Gasteiger partial charge in [0.25, 0.3) is 10.0 Å². The highest BCUT2D eigenvalue weighted by Crippen LogP contribution is 2.13. The van der Waals surface area contributed by atoms with Gasteiger partial charge in [-0.1, -0.05) is 6.92 Å². The van der Waals surface area contributed by atoms with Crippen LogP contribution in [-0.4, -0.2) is 54.1 Å². The zero-order chi connectivity index (χ0) is 16.1. The molecule has 1 aromatic heterocycles. The van der Waals surface area contributed by atoms with E-state index in [1.165, 1.54) is 20.2 Å². The molecule has 0 atom stereocenters. The molecule has 0 aliphatic rings. The highest BCUT2D eigenvalue weighted by atomic mass is 32.2. The van der Waals surface area contributed by atoms with E-state index in [1.807, 2.05) is 6.92 Å². The van der Waals surface area contributed by atoms with Gasteiger partial charge in [-0.05, 0) is 18.7 Å². The molecule has 0 aliphatic heterocycles. The van der Waals surface area contributed by atoms with Crippen LogP contribution in [0.2, 0.25) is 0 Å². The van der Waals surface area contributed by atoms with E-state index in [0.717, 1.165) is 10.8 Å². The molecular weight excluding hydrogens is 318 g/mol. The maximum atomic E-state index is 11.9. The first kappa shape index (κ1) is 18.1. The number of furan rings is 1. The number of nitrogens with one attached hydrogen (secondary N) is 2. The summed E-state index contributed by atoms with van der Waals surface area (Å²) >= 11 is 0. The fourth-order valence-electron chi connectivity index (χ4n) is 1.40. The molecule has 0 bridgehead atoms. The minimum absolute atomic E-state index is 0.216. The quantitative estimate of drug-likeness (QED) is 0.631. The van der Waals surface area contributed by atoms with Crippen molar-refractivity contribution in [2.24, 2.45) is 0 Å². The van der Waals surface area contributed by atoms with Crippen LogP contribution in [0.25, 0.3) is 0 Å². The van der Waals surface area contributed by atoms with E-state index in [2.05, 4.69) is 10.0 Å². The van der Waals surface area contributed by atoms with Gasteiger partial charge in [0.2, 0.25) is 15.1 Å². The Morgan fingerprint density at radius 1 is 1.19 bits per heavy atom. The molecule has 0 spiro atoms. The molecule has 2 N–H and O–H groups in total. The summed E-state index contributed by atoms with van der Waals surface area (Å²) in [5.41, 5.74) is 0. The molecule has 1 rings (SSSR count). The Morgan fingerprint density at radius 2 is 1.86 bits per heavy atom. The molecule has 0 aliphatic carbocycles. The summed E-state index contributed by atoms with van der Waals surface area (Å²) in [5.74, 6) is 0.183. The Morgan fingerprint density at radius 3 is 2.43 bits per heavy atom. The third kappa shape index (κ3) is 5.40. The first-order chi connectivity index (χ1) is 9.69. The summed E-state index contributed by atoms with van der Waals surface area (Å²) in [6.45, 7) is 2.88. The van der Waals surface area contributed by atoms with E-state index in [9.17, 15) is 16.8 Å². The number of sulfonamides is 2. The second-order valence-corrected chi connectivity index (χ2v) is 8.50. The van der Waals surface area contributed by atoms with Gasteiger partial charge in [-0.25, -0.2) is 25.9 Å². The molecule has 1 heterocycles. The van der Waals surface area contributed by atoms with Crippen molar-refractivity contribution in [3.05, 3.63) is 17.9 Å². The lowest BCUT2D eigenvalue weighted by molar-refractivity contribution is 0.401. The molecule has 0 fully saturated rings. The number of rotatable bonds is 9. The van der Waals surface area contributed by atoms with Gasteiger partial charge < -0.3 is 9.73 Å². The summed E-state index contributed by atoms with van der Waals surface area (Å²) in [5, 5.41) is 2.79. The van der Waals surface area contributed by atoms with Crippen molar-refractivity contribution in [2.45, 2.75) is 18.6 Å². The lowest BCUT2D eigenvalue weighted by atomic mass is 10.4. The minimum Gasteiger partial charge on any atom is -0.447 e. The molecule has 122 valence electrons. The van der Waals surface area contributed by atoms with Crippen molar-refractivity contribution >= 4 is 20.0 Å². The highest BCUT2D eigenvalue weighted by molar-refractivity contribution is 7.90. The van der Waals surface area contributed by atoms with Crippen LogP contribution < -0.4 is 10.0 Å². The van der Waals surface area contributed by atoms with E-state index >= 15 is 0 Å². The van der Waals surface area contributed by atoms with Crippen molar-refractivity contribution in [1.82, 2.24) is 14.3 Å². The monoisotopic (exact) mass is 339 g/mol. The summed E-state index contributed by atoms with van der Waals surface area (Å²) in [4.78, 5) is 0. The minimum atomic E-state index is -3.84. The zero-order valence-corrected chi connectivity index (χ0v) is 13.9. The second kappa shape index (κ2) is 7.36. The Bertz CT molecular complexity index is 649. The van der Waals surface area contributed by atoms with Crippen LogP contribution in [0, 0.1) is 0 Å². The van der Waals surface area contributed by atoms with Gasteiger partial charge in [-0.15, -0.1) is 0 Å². The van der Waals surface area contributed by atoms with Crippen LogP contribution >= 0.6 is 0 Å². The van der Waals surface area contributed by atoms with Crippen molar-refractivity contribution in [2.75, 3.05) is 32.9 Å². The molecule has 0 unspecified atom stereocenters. The van der Waals surface area contributed by atoms with Crippen LogP contribution in [-0.2, 0) is 26.6 Å². The predicted octanol–water partition coefficient (Wildman–Crippen LogP) is -0.441. The van der Waals surface area contributed by atoms with Crippen LogP contribution in [0.4, 0.5) is 0 Å². The van der Waals surface area contributed by atoms with Crippen molar-refractivity contribution in [3.63, 3.8) is 0 Å². The average Bonchev–Trinajstić information content (AvgIpc) is 2.85. The molecule has 21 heavy (non-hydrogen) atoms. The van der Waals surface area contributed by atoms with E-state index in [0.29, 0.717) is 12.3 Å². The maximum absolute atomic E-state index is 11.9. The molecule has 8 nitrogen and oxygen atoms in total. The van der Waals surface area contributed by atoms with Gasteiger partial charge in [0, 0.05) is 20.6 Å². The van der Waals surface area contributed by atoms with Crippen molar-refractivity contribution < 1.29 is 21.3 Å². The van der Waals surface area contributed by atoms with Gasteiger partial charge in [0.1, 0.15) is 5.76 Å². The summed E-state index contributed by atoms with van der Waals surface area (Å²) < 4.78 is 55.4. The maximum Gasteiger partial charge on any atom is 0.273 e. The third-order valence-corrected chi connectivity index (χ3v) is 5.83. The summed E-state index contributed by atoms with van der Waals surface area (Å²) in [6, 6.07) is 2.91. The van der Waals surface area contributed by atoms with Crippen LogP contribution in [0.15, 0.2) is 21.6 Å². The predicted molar refractivity (Wildman–Crippen MR) is 78.8 cm³/mol. The molecular formula is C11H21N3O5S2. The SMILES string of the molecule is CCNCc1ccc(S(=O)(=O)NCCS(=O)(=O)N(C)C)o1. The molecule has 0 amide bonds. The Hall–Kier alpha value is -0.940. The lowest BCUT2D eigenvalue weighted by Gasteiger charge is -2.11. The normalized spacial score (nSPS) is 13.0. The van der Waals surface area contributed by atoms with E-state index in [1.54, 1.807) is 6.07 Å². The van der Waals surface area contributed by atoms with E-state index in [-0.39, 0.29) is 17.4 Å². The van der Waals surface area contributed by atoms with Crippen molar-refractivity contribution in [1.29, 1.82) is 0 Å². The fourth-order valence-corrected chi connectivity index (χ4v) is 3.24. The molecule has 0 saturated carbocycles. The Kier molecular flexibility index (Phi) is 6.35. The Balaban J connectivity index is 2.63. The molecule has 10 heteroatoms. The third-order valence-electron chi connectivity index (χ3n) is 2.66.